The molecule has 0 amide bonds. The van der Waals surface area contributed by atoms with Gasteiger partial charge in [0.25, 0.3) is 0 Å². The Morgan fingerprint density at radius 2 is 1.85 bits per heavy atom. The van der Waals surface area contributed by atoms with Gasteiger partial charge in [-0.3, -0.25) is 0 Å². The van der Waals surface area contributed by atoms with Gasteiger partial charge >= 0.3 is 0 Å². The van der Waals surface area contributed by atoms with Crippen LogP contribution in [0.1, 0.15) is 43.2 Å². The highest BCUT2D eigenvalue weighted by Crippen LogP contribution is 2.30. The van der Waals surface area contributed by atoms with Crippen molar-refractivity contribution in [3.8, 4) is 0 Å². The number of hydrogen-bond acceptors (Lipinski definition) is 3. The summed E-state index contributed by atoms with van der Waals surface area (Å²) in [5, 5.41) is 9.65. The van der Waals surface area contributed by atoms with Crippen LogP contribution in [-0.4, -0.2) is 25.7 Å². The van der Waals surface area contributed by atoms with Crippen LogP contribution in [0, 0.1) is 13.8 Å². The lowest BCUT2D eigenvalue weighted by molar-refractivity contribution is 0.142. The fraction of sp³-hybridized carbons (Fsp3) is 0.600. The summed E-state index contributed by atoms with van der Waals surface area (Å²) in [6.07, 6.45) is 4.42. The van der Waals surface area contributed by atoms with E-state index in [0.29, 0.717) is 17.7 Å². The molecule has 0 radical (unpaired) electrons. The summed E-state index contributed by atoms with van der Waals surface area (Å²) in [6.45, 7) is 3.53. The molecule has 1 fully saturated rings. The summed E-state index contributed by atoms with van der Waals surface area (Å²) < 4.78 is 28.0. The van der Waals surface area contributed by atoms with Crippen molar-refractivity contribution < 1.29 is 13.5 Å². The molecule has 0 aliphatic heterocycles. The van der Waals surface area contributed by atoms with Crippen LogP contribution in [0.3, 0.4) is 0 Å². The monoisotopic (exact) mass is 297 g/mol. The maximum atomic E-state index is 12.6. The quantitative estimate of drug-likeness (QED) is 0.896. The minimum absolute atomic E-state index is 0.142. The smallest absolute Gasteiger partial charge is 0.241 e. The van der Waals surface area contributed by atoms with E-state index in [9.17, 15) is 13.5 Å². The fourth-order valence-electron chi connectivity index (χ4n) is 2.86. The molecule has 1 aliphatic rings. The number of benzene rings is 1. The molecule has 0 aromatic heterocycles. The fourth-order valence-corrected chi connectivity index (χ4v) is 4.64. The number of rotatable bonds is 4. The van der Waals surface area contributed by atoms with Crippen LogP contribution in [-0.2, 0) is 10.0 Å². The molecule has 0 saturated heterocycles. The second-order valence-electron chi connectivity index (χ2n) is 5.87. The minimum atomic E-state index is -3.59. The van der Waals surface area contributed by atoms with Crippen molar-refractivity contribution >= 4 is 10.0 Å². The lowest BCUT2D eigenvalue weighted by Gasteiger charge is -2.36. The summed E-state index contributed by atoms with van der Waals surface area (Å²) in [4.78, 5) is 0.316. The molecule has 0 bridgehead atoms. The Morgan fingerprint density at radius 1 is 1.20 bits per heavy atom. The van der Waals surface area contributed by atoms with E-state index in [2.05, 4.69) is 4.72 Å². The normalized spacial score (nSPS) is 18.9. The van der Waals surface area contributed by atoms with E-state index >= 15 is 0 Å². The molecule has 2 rings (SSSR count). The van der Waals surface area contributed by atoms with E-state index in [0.717, 1.165) is 30.4 Å². The van der Waals surface area contributed by atoms with Gasteiger partial charge in [-0.2, -0.15) is 0 Å². The van der Waals surface area contributed by atoms with Gasteiger partial charge in [0.05, 0.1) is 17.0 Å². The van der Waals surface area contributed by atoms with E-state index < -0.39 is 15.6 Å². The maximum Gasteiger partial charge on any atom is 0.241 e. The molecule has 0 spiro atoms. The first-order valence-corrected chi connectivity index (χ1v) is 8.59. The van der Waals surface area contributed by atoms with Crippen molar-refractivity contribution in [3.05, 3.63) is 29.3 Å². The molecule has 1 aliphatic carbocycles. The van der Waals surface area contributed by atoms with Crippen molar-refractivity contribution in [3.63, 3.8) is 0 Å². The molecule has 1 saturated carbocycles. The summed E-state index contributed by atoms with van der Waals surface area (Å²) in [5.41, 5.74) is 0.956. The van der Waals surface area contributed by atoms with Gasteiger partial charge in [0.1, 0.15) is 0 Å². The van der Waals surface area contributed by atoms with Gasteiger partial charge in [-0.25, -0.2) is 13.1 Å². The number of aliphatic hydroxyl groups excluding tert-OH is 1. The molecule has 0 heterocycles. The van der Waals surface area contributed by atoms with Gasteiger partial charge in [-0.15, -0.1) is 0 Å². The summed E-state index contributed by atoms with van der Waals surface area (Å²) in [6, 6.07) is 5.40. The third-order valence-corrected chi connectivity index (χ3v) is 5.82. The van der Waals surface area contributed by atoms with Gasteiger partial charge < -0.3 is 5.11 Å². The van der Waals surface area contributed by atoms with Crippen LogP contribution in [0.15, 0.2) is 23.1 Å². The summed E-state index contributed by atoms with van der Waals surface area (Å²) in [7, 11) is -3.59. The first kappa shape index (κ1) is 15.5. The van der Waals surface area contributed by atoms with Crippen LogP contribution in [0.25, 0.3) is 0 Å². The Hall–Kier alpha value is -0.910. The molecule has 5 heteroatoms. The average Bonchev–Trinajstić information content (AvgIpc) is 2.42. The van der Waals surface area contributed by atoms with Crippen molar-refractivity contribution in [2.75, 3.05) is 6.61 Å². The molecule has 2 N–H and O–H groups in total. The molecule has 0 unspecified atom stereocenters. The van der Waals surface area contributed by atoms with Gasteiger partial charge in [-0.05, 0) is 43.9 Å². The minimum Gasteiger partial charge on any atom is -0.394 e. The van der Waals surface area contributed by atoms with Crippen LogP contribution in [0.2, 0.25) is 0 Å². The van der Waals surface area contributed by atoms with Crippen molar-refractivity contribution in [2.24, 2.45) is 0 Å². The topological polar surface area (TPSA) is 66.4 Å². The molecule has 112 valence electrons. The Bertz CT molecular complexity index is 575. The highest BCUT2D eigenvalue weighted by atomic mass is 32.2. The average molecular weight is 297 g/mol. The molecular weight excluding hydrogens is 274 g/mol. The predicted octanol–water partition coefficient (Wildman–Crippen LogP) is 2.28. The zero-order valence-electron chi connectivity index (χ0n) is 12.1. The summed E-state index contributed by atoms with van der Waals surface area (Å²) in [5.74, 6) is 0. The van der Waals surface area contributed by atoms with Crippen LogP contribution in [0.4, 0.5) is 0 Å². The van der Waals surface area contributed by atoms with E-state index in [1.165, 1.54) is 0 Å². The summed E-state index contributed by atoms with van der Waals surface area (Å²) >= 11 is 0. The van der Waals surface area contributed by atoms with Crippen molar-refractivity contribution in [1.29, 1.82) is 0 Å². The number of hydrogen-bond donors (Lipinski definition) is 2. The predicted molar refractivity (Wildman–Crippen MR) is 79.1 cm³/mol. The molecule has 0 atom stereocenters. The van der Waals surface area contributed by atoms with Crippen LogP contribution < -0.4 is 4.72 Å². The van der Waals surface area contributed by atoms with Crippen LogP contribution >= 0.6 is 0 Å². The van der Waals surface area contributed by atoms with Crippen molar-refractivity contribution in [1.82, 2.24) is 4.72 Å². The van der Waals surface area contributed by atoms with Gasteiger partial charge in [0.15, 0.2) is 0 Å². The Morgan fingerprint density at radius 3 is 2.45 bits per heavy atom. The second kappa shape index (κ2) is 5.84. The standard InChI is InChI=1S/C15H23NO3S/c1-12-6-7-13(2)14(10-12)20(18,19)16-15(11-17)8-4-3-5-9-15/h6-7,10,16-17H,3-5,8-9,11H2,1-2H3. The van der Waals surface area contributed by atoms with E-state index in [-0.39, 0.29) is 6.61 Å². The number of aliphatic hydroxyl groups is 1. The Labute approximate surface area is 121 Å². The zero-order chi connectivity index (χ0) is 14.8. The highest BCUT2D eigenvalue weighted by Gasteiger charge is 2.36. The largest absolute Gasteiger partial charge is 0.394 e. The molecule has 4 nitrogen and oxygen atoms in total. The lowest BCUT2D eigenvalue weighted by atomic mass is 9.83. The van der Waals surface area contributed by atoms with Gasteiger partial charge in [0.2, 0.25) is 10.0 Å². The third kappa shape index (κ3) is 3.22. The second-order valence-corrected chi connectivity index (χ2v) is 7.52. The molecule has 1 aromatic carbocycles. The number of aryl methyl sites for hydroxylation is 2. The van der Waals surface area contributed by atoms with E-state index in [4.69, 9.17) is 0 Å². The first-order valence-electron chi connectivity index (χ1n) is 7.11. The number of sulfonamides is 1. The van der Waals surface area contributed by atoms with Crippen molar-refractivity contribution in [2.45, 2.75) is 56.4 Å². The SMILES string of the molecule is Cc1ccc(C)c(S(=O)(=O)NC2(CO)CCCCC2)c1. The lowest BCUT2D eigenvalue weighted by Crippen LogP contribution is -2.52. The van der Waals surface area contributed by atoms with Gasteiger partial charge in [0, 0.05) is 0 Å². The zero-order valence-corrected chi connectivity index (χ0v) is 13.0. The molecular formula is C15H23NO3S. The van der Waals surface area contributed by atoms with E-state index in [1.807, 2.05) is 19.1 Å². The third-order valence-electron chi connectivity index (χ3n) is 4.10. The first-order chi connectivity index (χ1) is 9.38. The highest BCUT2D eigenvalue weighted by molar-refractivity contribution is 7.89. The van der Waals surface area contributed by atoms with Crippen LogP contribution in [0.5, 0.6) is 0 Å². The molecule has 20 heavy (non-hydrogen) atoms. The Balaban J connectivity index is 2.32. The Kier molecular flexibility index (Phi) is 4.52. The number of nitrogens with one attached hydrogen (secondary N) is 1. The molecule has 1 aromatic rings. The maximum absolute atomic E-state index is 12.6. The van der Waals surface area contributed by atoms with Gasteiger partial charge in [-0.1, -0.05) is 31.4 Å². The van der Waals surface area contributed by atoms with E-state index in [1.54, 1.807) is 13.0 Å².